The van der Waals surface area contributed by atoms with Crippen molar-refractivity contribution in [2.24, 2.45) is 10.9 Å². The molecule has 0 saturated carbocycles. The second kappa shape index (κ2) is 13.2. The molecule has 3 aliphatic rings. The van der Waals surface area contributed by atoms with Crippen molar-refractivity contribution in [2.45, 2.75) is 45.7 Å². The number of piperidine rings is 1. The third-order valence-corrected chi connectivity index (χ3v) is 9.09. The number of likely N-dealkylation sites (tertiary alicyclic amines) is 1. The number of benzene rings is 1. The fourth-order valence-corrected chi connectivity index (χ4v) is 6.54. The Morgan fingerprint density at radius 1 is 1.19 bits per heavy atom. The van der Waals surface area contributed by atoms with E-state index in [-0.39, 0.29) is 24.5 Å². The molecule has 230 valence electrons. The number of carboxylic acid groups (broad SMARTS) is 1. The number of carbonyl (C=O) groups is 3. The van der Waals surface area contributed by atoms with Crippen LogP contribution in [0.25, 0.3) is 0 Å². The van der Waals surface area contributed by atoms with Crippen LogP contribution in [0.4, 0.5) is 9.18 Å². The molecule has 3 aliphatic heterocycles. The number of nitrogens with one attached hydrogen (secondary N) is 1. The Kier molecular flexibility index (Phi) is 9.40. The predicted molar refractivity (Wildman–Crippen MR) is 159 cm³/mol. The van der Waals surface area contributed by atoms with E-state index in [4.69, 9.17) is 9.73 Å². The molecule has 43 heavy (non-hydrogen) atoms. The van der Waals surface area contributed by atoms with Crippen molar-refractivity contribution in [3.63, 3.8) is 0 Å². The number of amidine groups is 1. The van der Waals surface area contributed by atoms with Crippen LogP contribution in [0.15, 0.2) is 46.0 Å². The number of hydrogen-bond donors (Lipinski definition) is 2. The van der Waals surface area contributed by atoms with E-state index >= 15 is 0 Å². The van der Waals surface area contributed by atoms with Crippen molar-refractivity contribution in [2.75, 3.05) is 45.9 Å². The molecule has 13 heteroatoms. The molecule has 2 unspecified atom stereocenters. The first-order chi connectivity index (χ1) is 20.7. The number of nitrogens with zero attached hydrogens (tertiary/aromatic N) is 5. The molecular formula is C30H37FN6O5S. The van der Waals surface area contributed by atoms with E-state index in [0.717, 1.165) is 0 Å². The number of esters is 1. The normalized spacial score (nSPS) is 21.8. The Bertz CT molecular complexity index is 1420. The summed E-state index contributed by atoms with van der Waals surface area (Å²) in [6, 6.07) is 3.80. The van der Waals surface area contributed by atoms with E-state index in [9.17, 15) is 23.9 Å². The molecule has 0 bridgehead atoms. The van der Waals surface area contributed by atoms with Crippen LogP contribution >= 0.6 is 11.3 Å². The molecule has 2 amide bonds. The lowest BCUT2D eigenvalue weighted by Gasteiger charge is -2.43. The van der Waals surface area contributed by atoms with Crippen molar-refractivity contribution in [3.05, 3.63) is 63.0 Å². The molecule has 0 aliphatic carbocycles. The maximum Gasteiger partial charge on any atom is 0.338 e. The largest absolute Gasteiger partial charge is 0.481 e. The van der Waals surface area contributed by atoms with Crippen LogP contribution in [0.1, 0.15) is 48.9 Å². The van der Waals surface area contributed by atoms with Gasteiger partial charge in [-0.1, -0.05) is 12.1 Å². The average molecular weight is 613 g/mol. The Hall–Kier alpha value is -3.84. The molecule has 11 nitrogen and oxygen atoms in total. The maximum absolute atomic E-state index is 14.7. The first-order valence-electron chi connectivity index (χ1n) is 14.6. The summed E-state index contributed by atoms with van der Waals surface area (Å²) in [6.07, 6.45) is 2.60. The van der Waals surface area contributed by atoms with Gasteiger partial charge in [-0.15, -0.1) is 11.3 Å². The number of aromatic nitrogens is 1. The molecule has 2 saturated heterocycles. The molecule has 4 heterocycles. The second-order valence-corrected chi connectivity index (χ2v) is 12.0. The third-order valence-electron chi connectivity index (χ3n) is 8.31. The molecule has 0 radical (unpaired) electrons. The molecule has 2 atom stereocenters. The minimum Gasteiger partial charge on any atom is -0.481 e. The number of urea groups is 1. The topological polar surface area (TPSA) is 128 Å². The van der Waals surface area contributed by atoms with Gasteiger partial charge in [0.15, 0.2) is 10.8 Å². The first-order valence-corrected chi connectivity index (χ1v) is 15.5. The number of thiazole rings is 1. The number of aliphatic carboxylic acids is 1. The van der Waals surface area contributed by atoms with Crippen LogP contribution in [0.3, 0.4) is 0 Å². The van der Waals surface area contributed by atoms with Gasteiger partial charge in [-0.05, 0) is 50.8 Å². The predicted octanol–water partition coefficient (Wildman–Crippen LogP) is 3.42. The number of halogens is 1. The number of ether oxygens (including phenoxy) is 1. The molecule has 2 N–H and O–H groups in total. The lowest BCUT2D eigenvalue weighted by atomic mass is 9.92. The molecule has 2 aromatic rings. The number of amides is 2. The van der Waals surface area contributed by atoms with Gasteiger partial charge in [0.1, 0.15) is 11.9 Å². The number of rotatable bonds is 7. The van der Waals surface area contributed by atoms with E-state index in [0.29, 0.717) is 85.4 Å². The Labute approximate surface area is 254 Å². The van der Waals surface area contributed by atoms with Gasteiger partial charge in [0, 0.05) is 62.6 Å². The number of aliphatic imine (C=N–C) groups is 1. The monoisotopic (exact) mass is 612 g/mol. The number of piperazine rings is 1. The summed E-state index contributed by atoms with van der Waals surface area (Å²) in [5, 5.41) is 15.1. The average Bonchev–Trinajstić information content (AvgIpc) is 3.53. The van der Waals surface area contributed by atoms with Crippen molar-refractivity contribution >= 4 is 35.1 Å². The second-order valence-electron chi connectivity index (χ2n) is 11.1. The summed E-state index contributed by atoms with van der Waals surface area (Å²) < 4.78 is 20.2. The molecule has 0 spiro atoms. The summed E-state index contributed by atoms with van der Waals surface area (Å²) in [5.74, 6) is -1.61. The van der Waals surface area contributed by atoms with E-state index in [1.54, 1.807) is 37.1 Å². The number of carboxylic acids is 1. The van der Waals surface area contributed by atoms with Gasteiger partial charge >= 0.3 is 18.0 Å². The van der Waals surface area contributed by atoms with Crippen LogP contribution in [-0.4, -0.2) is 101 Å². The molecular weight excluding hydrogens is 575 g/mol. The van der Waals surface area contributed by atoms with Crippen LogP contribution in [-0.2, 0) is 14.3 Å². The minimum absolute atomic E-state index is 0.0713. The molecule has 1 aromatic heterocycles. The zero-order valence-electron chi connectivity index (χ0n) is 24.6. The fraction of sp³-hybridized carbons (Fsp3) is 0.500. The van der Waals surface area contributed by atoms with Gasteiger partial charge in [0.25, 0.3) is 0 Å². The van der Waals surface area contributed by atoms with Gasteiger partial charge in [0.05, 0.1) is 18.1 Å². The SMILES string of the molecule is CCOC(=O)C1=C(CN2CCN(C(=O)N3CCC(C(=O)O)CC3)C(C)C2)NC(c2nccs2)=NC1c1cccc(F)c1C. The van der Waals surface area contributed by atoms with Gasteiger partial charge < -0.3 is 25.0 Å². The number of carbonyl (C=O) groups excluding carboxylic acids is 2. The standard InChI is InChI=1S/C30H37FN6O5S/c1-4-42-29(40)24-23(33-26(27-32-10-15-43-27)34-25(24)21-6-5-7-22(31)19(21)3)17-35-13-14-37(18(2)16-35)30(41)36-11-8-20(9-12-36)28(38)39/h5-7,10,15,18,20,25H,4,8-9,11-14,16-17H2,1-3H3,(H,33,34)(H,38,39). The summed E-state index contributed by atoms with van der Waals surface area (Å²) >= 11 is 1.41. The van der Waals surface area contributed by atoms with Gasteiger partial charge in [-0.25, -0.2) is 19.0 Å². The van der Waals surface area contributed by atoms with Crippen molar-refractivity contribution in [1.29, 1.82) is 0 Å². The van der Waals surface area contributed by atoms with Crippen LogP contribution in [0, 0.1) is 18.7 Å². The summed E-state index contributed by atoms with van der Waals surface area (Å²) in [5.41, 5.74) is 1.91. The Morgan fingerprint density at radius 2 is 1.95 bits per heavy atom. The highest BCUT2D eigenvalue weighted by Crippen LogP contribution is 2.35. The smallest absolute Gasteiger partial charge is 0.338 e. The summed E-state index contributed by atoms with van der Waals surface area (Å²) in [7, 11) is 0. The fourth-order valence-electron chi connectivity index (χ4n) is 5.95. The third kappa shape index (κ3) is 6.57. The Balaban J connectivity index is 1.39. The van der Waals surface area contributed by atoms with E-state index in [1.807, 2.05) is 17.2 Å². The molecule has 2 fully saturated rings. The van der Waals surface area contributed by atoms with E-state index < -0.39 is 23.9 Å². The highest BCUT2D eigenvalue weighted by atomic mass is 32.1. The highest BCUT2D eigenvalue weighted by molar-refractivity contribution is 7.11. The lowest BCUT2D eigenvalue weighted by molar-refractivity contribution is -0.143. The summed E-state index contributed by atoms with van der Waals surface area (Å²) in [6.45, 7) is 8.42. The van der Waals surface area contributed by atoms with E-state index in [2.05, 4.69) is 15.2 Å². The van der Waals surface area contributed by atoms with Crippen LogP contribution in [0.2, 0.25) is 0 Å². The van der Waals surface area contributed by atoms with E-state index in [1.165, 1.54) is 17.4 Å². The zero-order valence-corrected chi connectivity index (χ0v) is 25.4. The van der Waals surface area contributed by atoms with Crippen molar-refractivity contribution in [3.8, 4) is 0 Å². The first kappa shape index (κ1) is 30.6. The summed E-state index contributed by atoms with van der Waals surface area (Å²) in [4.78, 5) is 53.1. The van der Waals surface area contributed by atoms with Crippen molar-refractivity contribution < 1.29 is 28.6 Å². The van der Waals surface area contributed by atoms with Gasteiger partial charge in [-0.2, -0.15) is 0 Å². The van der Waals surface area contributed by atoms with Gasteiger partial charge in [-0.3, -0.25) is 14.7 Å². The maximum atomic E-state index is 14.7. The minimum atomic E-state index is -0.806. The highest BCUT2D eigenvalue weighted by Gasteiger charge is 2.37. The quantitative estimate of drug-likeness (QED) is 0.456. The lowest BCUT2D eigenvalue weighted by Crippen LogP contribution is -2.58. The number of hydrogen-bond acceptors (Lipinski definition) is 9. The zero-order chi connectivity index (χ0) is 30.7. The van der Waals surface area contributed by atoms with Crippen LogP contribution < -0.4 is 5.32 Å². The molecule has 1 aromatic carbocycles. The molecule has 5 rings (SSSR count). The van der Waals surface area contributed by atoms with Gasteiger partial charge in [0.2, 0.25) is 0 Å². The Morgan fingerprint density at radius 3 is 2.60 bits per heavy atom. The van der Waals surface area contributed by atoms with Crippen LogP contribution in [0.5, 0.6) is 0 Å². The van der Waals surface area contributed by atoms with Crippen molar-refractivity contribution in [1.82, 2.24) is 25.0 Å².